The van der Waals surface area contributed by atoms with E-state index in [9.17, 15) is 0 Å². The first-order chi connectivity index (χ1) is 9.74. The quantitative estimate of drug-likeness (QED) is 0.668. The normalized spacial score (nSPS) is 10.7. The van der Waals surface area contributed by atoms with Crippen molar-refractivity contribution in [2.45, 2.75) is 6.61 Å². The van der Waals surface area contributed by atoms with Gasteiger partial charge in [-0.25, -0.2) is 9.97 Å². The molecule has 1 aromatic heterocycles. The molecule has 0 aliphatic rings. The second-order valence-electron chi connectivity index (χ2n) is 4.24. The van der Waals surface area contributed by atoms with Crippen molar-refractivity contribution >= 4 is 34.0 Å². The maximum Gasteiger partial charge on any atom is 0.222 e. The van der Waals surface area contributed by atoms with Crippen LogP contribution in [0.15, 0.2) is 48.8 Å². The topological polar surface area (TPSA) is 35.0 Å². The maximum absolute atomic E-state index is 6.17. The zero-order chi connectivity index (χ0) is 13.9. The standard InChI is InChI=1S/C15H10Cl2N2O/c16-13-5-6-14(12-4-2-1-3-11(12)13)20-9-10-7-18-15(17)19-8-10/h1-8H,9H2. The van der Waals surface area contributed by atoms with Crippen molar-refractivity contribution in [1.82, 2.24) is 9.97 Å². The smallest absolute Gasteiger partial charge is 0.222 e. The highest BCUT2D eigenvalue weighted by molar-refractivity contribution is 6.35. The Labute approximate surface area is 126 Å². The molecule has 0 amide bonds. The van der Waals surface area contributed by atoms with Gasteiger partial charge in [-0.15, -0.1) is 0 Å². The second-order valence-corrected chi connectivity index (χ2v) is 4.99. The molecule has 0 fully saturated rings. The lowest BCUT2D eigenvalue weighted by Crippen LogP contribution is -1.98. The first-order valence-corrected chi connectivity index (χ1v) is 6.76. The number of nitrogens with zero attached hydrogens (tertiary/aromatic N) is 2. The van der Waals surface area contributed by atoms with Crippen LogP contribution in [0.5, 0.6) is 5.75 Å². The average molecular weight is 305 g/mol. The largest absolute Gasteiger partial charge is 0.488 e. The zero-order valence-electron chi connectivity index (χ0n) is 10.4. The van der Waals surface area contributed by atoms with Gasteiger partial charge >= 0.3 is 0 Å². The van der Waals surface area contributed by atoms with E-state index in [0.717, 1.165) is 22.1 Å². The molecule has 0 aliphatic heterocycles. The van der Waals surface area contributed by atoms with Crippen molar-refractivity contribution in [2.24, 2.45) is 0 Å². The number of rotatable bonds is 3. The van der Waals surface area contributed by atoms with Gasteiger partial charge in [0.1, 0.15) is 12.4 Å². The van der Waals surface area contributed by atoms with E-state index in [1.54, 1.807) is 12.4 Å². The summed E-state index contributed by atoms with van der Waals surface area (Å²) in [5.41, 5.74) is 0.855. The van der Waals surface area contributed by atoms with Gasteiger partial charge in [0, 0.05) is 33.8 Å². The molecule has 0 N–H and O–H groups in total. The molecule has 0 atom stereocenters. The third kappa shape index (κ3) is 2.69. The molecule has 0 saturated carbocycles. The van der Waals surface area contributed by atoms with Crippen molar-refractivity contribution < 1.29 is 4.74 Å². The number of benzene rings is 2. The molecule has 3 rings (SSSR count). The summed E-state index contributed by atoms with van der Waals surface area (Å²) in [6.07, 6.45) is 3.29. The molecule has 0 spiro atoms. The Morgan fingerprint density at radius 2 is 1.60 bits per heavy atom. The fourth-order valence-corrected chi connectivity index (χ4v) is 2.26. The number of ether oxygens (including phenoxy) is 1. The summed E-state index contributed by atoms with van der Waals surface area (Å²) >= 11 is 11.8. The minimum Gasteiger partial charge on any atom is -0.488 e. The van der Waals surface area contributed by atoms with E-state index < -0.39 is 0 Å². The van der Waals surface area contributed by atoms with Crippen molar-refractivity contribution in [3.05, 3.63) is 64.7 Å². The third-order valence-corrected chi connectivity index (χ3v) is 3.42. The van der Waals surface area contributed by atoms with Crippen LogP contribution in [-0.4, -0.2) is 9.97 Å². The Kier molecular flexibility index (Phi) is 3.72. The van der Waals surface area contributed by atoms with Gasteiger partial charge in [-0.2, -0.15) is 0 Å². The van der Waals surface area contributed by atoms with Crippen molar-refractivity contribution in [2.75, 3.05) is 0 Å². The molecular weight excluding hydrogens is 295 g/mol. The lowest BCUT2D eigenvalue weighted by atomic mass is 10.1. The molecule has 0 unspecified atom stereocenters. The van der Waals surface area contributed by atoms with Crippen LogP contribution in [0.4, 0.5) is 0 Å². The Morgan fingerprint density at radius 3 is 2.35 bits per heavy atom. The van der Waals surface area contributed by atoms with Gasteiger partial charge in [-0.05, 0) is 23.7 Å². The molecule has 20 heavy (non-hydrogen) atoms. The van der Waals surface area contributed by atoms with Gasteiger partial charge in [-0.1, -0.05) is 35.9 Å². The number of aromatic nitrogens is 2. The predicted octanol–water partition coefficient (Wildman–Crippen LogP) is 4.52. The molecule has 5 heteroatoms. The number of fused-ring (bicyclic) bond motifs is 1. The van der Waals surface area contributed by atoms with E-state index >= 15 is 0 Å². The van der Waals surface area contributed by atoms with E-state index in [0.29, 0.717) is 11.6 Å². The monoisotopic (exact) mass is 304 g/mol. The third-order valence-electron chi connectivity index (χ3n) is 2.90. The zero-order valence-corrected chi connectivity index (χ0v) is 11.9. The summed E-state index contributed by atoms with van der Waals surface area (Å²) in [6, 6.07) is 11.5. The Morgan fingerprint density at radius 1 is 0.900 bits per heavy atom. The van der Waals surface area contributed by atoms with Gasteiger partial charge in [0.25, 0.3) is 0 Å². The number of hydrogen-bond acceptors (Lipinski definition) is 3. The Balaban J connectivity index is 1.88. The molecule has 0 radical (unpaired) electrons. The van der Waals surface area contributed by atoms with E-state index in [1.807, 2.05) is 36.4 Å². The van der Waals surface area contributed by atoms with E-state index in [-0.39, 0.29) is 5.28 Å². The van der Waals surface area contributed by atoms with E-state index in [4.69, 9.17) is 27.9 Å². The summed E-state index contributed by atoms with van der Waals surface area (Å²) in [5, 5.41) is 2.89. The minimum atomic E-state index is 0.227. The molecule has 0 aliphatic carbocycles. The van der Waals surface area contributed by atoms with Crippen LogP contribution in [0, 0.1) is 0 Å². The van der Waals surface area contributed by atoms with Crippen LogP contribution in [0.25, 0.3) is 10.8 Å². The molecule has 1 heterocycles. The molecule has 3 nitrogen and oxygen atoms in total. The maximum atomic E-state index is 6.17. The van der Waals surface area contributed by atoms with Crippen molar-refractivity contribution in [1.29, 1.82) is 0 Å². The Hall–Kier alpha value is -1.84. The van der Waals surface area contributed by atoms with Gasteiger partial charge in [-0.3, -0.25) is 0 Å². The molecular formula is C15H10Cl2N2O. The van der Waals surface area contributed by atoms with Crippen LogP contribution in [-0.2, 0) is 6.61 Å². The van der Waals surface area contributed by atoms with Crippen LogP contribution in [0.1, 0.15) is 5.56 Å². The summed E-state index contributed by atoms with van der Waals surface area (Å²) in [5.74, 6) is 0.778. The summed E-state index contributed by atoms with van der Waals surface area (Å²) in [6.45, 7) is 0.378. The van der Waals surface area contributed by atoms with Gasteiger partial charge in [0.05, 0.1) is 0 Å². The highest BCUT2D eigenvalue weighted by Crippen LogP contribution is 2.31. The molecule has 0 bridgehead atoms. The van der Waals surface area contributed by atoms with Crippen LogP contribution in [0.2, 0.25) is 10.3 Å². The Bertz CT molecular complexity index is 744. The fourth-order valence-electron chi connectivity index (χ4n) is 1.94. The SMILES string of the molecule is Clc1ncc(COc2ccc(Cl)c3ccccc23)cn1. The highest BCUT2D eigenvalue weighted by atomic mass is 35.5. The average Bonchev–Trinajstić information content (AvgIpc) is 2.49. The van der Waals surface area contributed by atoms with E-state index in [1.165, 1.54) is 0 Å². The van der Waals surface area contributed by atoms with E-state index in [2.05, 4.69) is 9.97 Å². The first kappa shape index (κ1) is 13.2. The van der Waals surface area contributed by atoms with Gasteiger partial charge in [0.2, 0.25) is 5.28 Å². The lowest BCUT2D eigenvalue weighted by Gasteiger charge is -2.10. The second kappa shape index (κ2) is 5.65. The van der Waals surface area contributed by atoms with Crippen LogP contribution in [0.3, 0.4) is 0 Å². The first-order valence-electron chi connectivity index (χ1n) is 6.00. The summed E-state index contributed by atoms with van der Waals surface area (Å²) < 4.78 is 5.82. The fraction of sp³-hybridized carbons (Fsp3) is 0.0667. The molecule has 3 aromatic rings. The number of hydrogen-bond donors (Lipinski definition) is 0. The molecule has 2 aromatic carbocycles. The van der Waals surface area contributed by atoms with Gasteiger partial charge in [0.15, 0.2) is 0 Å². The summed E-state index contributed by atoms with van der Waals surface area (Å²) in [7, 11) is 0. The van der Waals surface area contributed by atoms with Crippen molar-refractivity contribution in [3.8, 4) is 5.75 Å². The molecule has 0 saturated heterocycles. The minimum absolute atomic E-state index is 0.227. The highest BCUT2D eigenvalue weighted by Gasteiger charge is 2.05. The molecule has 100 valence electrons. The number of halogens is 2. The lowest BCUT2D eigenvalue weighted by molar-refractivity contribution is 0.309. The van der Waals surface area contributed by atoms with Gasteiger partial charge < -0.3 is 4.74 Å². The summed E-state index contributed by atoms with van der Waals surface area (Å²) in [4.78, 5) is 7.84. The van der Waals surface area contributed by atoms with Crippen molar-refractivity contribution in [3.63, 3.8) is 0 Å². The van der Waals surface area contributed by atoms with Crippen LogP contribution >= 0.6 is 23.2 Å². The predicted molar refractivity (Wildman–Crippen MR) is 80.3 cm³/mol. The van der Waals surface area contributed by atoms with Crippen LogP contribution < -0.4 is 4.74 Å².